The fourth-order valence-corrected chi connectivity index (χ4v) is 6.49. The minimum absolute atomic E-state index is 0.0434. The maximum absolute atomic E-state index is 13.3. The van der Waals surface area contributed by atoms with E-state index in [9.17, 15) is 4.79 Å². The molecular formula is C29H40Br2O4. The predicted molar refractivity (Wildman–Crippen MR) is 150 cm³/mol. The molecule has 0 amide bonds. The van der Waals surface area contributed by atoms with Gasteiger partial charge in [-0.05, 0) is 101 Å². The number of carbonyl (C=O) groups excluding carboxylic acids is 1. The van der Waals surface area contributed by atoms with E-state index in [1.807, 2.05) is 12.1 Å². The zero-order valence-corrected chi connectivity index (χ0v) is 25.0. The molecule has 35 heavy (non-hydrogen) atoms. The Hall–Kier alpha value is -1.11. The number of alkyl halides is 2. The molecule has 0 radical (unpaired) electrons. The Kier molecular flexibility index (Phi) is 9.72. The number of fused-ring (bicyclic) bond motifs is 3. The molecule has 3 rings (SSSR count). The van der Waals surface area contributed by atoms with Gasteiger partial charge in [-0.15, -0.1) is 0 Å². The highest BCUT2D eigenvalue weighted by atomic mass is 79.9. The summed E-state index contributed by atoms with van der Waals surface area (Å²) in [6.45, 7) is 13.3. The maximum Gasteiger partial charge on any atom is 0.338 e. The van der Waals surface area contributed by atoms with Gasteiger partial charge in [-0.1, -0.05) is 62.6 Å². The molecule has 1 saturated carbocycles. The lowest BCUT2D eigenvalue weighted by atomic mass is 9.61. The number of hydrogen-bond acceptors (Lipinski definition) is 4. The Morgan fingerprint density at radius 2 is 2.00 bits per heavy atom. The summed E-state index contributed by atoms with van der Waals surface area (Å²) < 4.78 is 16.8. The number of methoxy groups -OCH3 is 1. The third kappa shape index (κ3) is 7.01. The van der Waals surface area contributed by atoms with Crippen LogP contribution in [-0.4, -0.2) is 35.1 Å². The Labute approximate surface area is 228 Å². The van der Waals surface area contributed by atoms with Crippen molar-refractivity contribution >= 4 is 37.8 Å². The van der Waals surface area contributed by atoms with Crippen molar-refractivity contribution in [3.05, 3.63) is 53.1 Å². The number of carbonyl (C=O) groups is 1. The first kappa shape index (κ1) is 28.5. The molecule has 0 spiro atoms. The van der Waals surface area contributed by atoms with E-state index in [4.69, 9.17) is 14.2 Å². The molecule has 4 atom stereocenters. The standard InChI is InChI=1S/C29H40Br2O4/c1-19-8-7-15-29(5)23(20(2)10-13-25(29)30)17-22-16-21(11-12-24(22)34-18-33-6)27(32)35-26(14-9-19)28(3,4)31/h8,11-12,16,23,25-26H,2,7,9-10,13-15,17-18H2,1,3-6H3/b19-8+/t23-,25+,26+,29+/m1/s1. The molecule has 6 heteroatoms. The van der Waals surface area contributed by atoms with E-state index in [1.165, 1.54) is 11.1 Å². The van der Waals surface area contributed by atoms with Gasteiger partial charge < -0.3 is 14.2 Å². The monoisotopic (exact) mass is 610 g/mol. The number of benzene rings is 1. The Balaban J connectivity index is 2.07. The summed E-state index contributed by atoms with van der Waals surface area (Å²) in [6, 6.07) is 5.61. The van der Waals surface area contributed by atoms with Crippen molar-refractivity contribution < 1.29 is 19.0 Å². The van der Waals surface area contributed by atoms with E-state index in [2.05, 4.69) is 72.2 Å². The molecule has 2 bridgehead atoms. The quantitative estimate of drug-likeness (QED) is 0.149. The second-order valence-electron chi connectivity index (χ2n) is 10.9. The molecule has 1 heterocycles. The van der Waals surface area contributed by atoms with Gasteiger partial charge in [0, 0.05) is 11.9 Å². The van der Waals surface area contributed by atoms with Gasteiger partial charge in [-0.25, -0.2) is 4.79 Å². The summed E-state index contributed by atoms with van der Waals surface area (Å²) in [5.74, 6) is 0.708. The smallest absolute Gasteiger partial charge is 0.338 e. The summed E-state index contributed by atoms with van der Waals surface area (Å²) in [5, 5.41) is 0. The number of esters is 1. The molecule has 1 aromatic carbocycles. The lowest BCUT2D eigenvalue weighted by molar-refractivity contribution is 0.0214. The van der Waals surface area contributed by atoms with Crippen LogP contribution in [0.4, 0.5) is 0 Å². The Morgan fingerprint density at radius 3 is 2.69 bits per heavy atom. The number of ether oxygens (including phenoxy) is 3. The van der Waals surface area contributed by atoms with Gasteiger partial charge >= 0.3 is 5.97 Å². The zero-order chi connectivity index (χ0) is 25.8. The first-order valence-corrected chi connectivity index (χ1v) is 14.3. The van der Waals surface area contributed by atoms with Crippen molar-refractivity contribution in [3.63, 3.8) is 0 Å². The van der Waals surface area contributed by atoms with Crippen LogP contribution in [0, 0.1) is 11.3 Å². The van der Waals surface area contributed by atoms with Crippen LogP contribution in [0.5, 0.6) is 5.75 Å². The van der Waals surface area contributed by atoms with Crippen molar-refractivity contribution in [2.45, 2.75) is 87.9 Å². The average Bonchev–Trinajstić information content (AvgIpc) is 2.80. The molecule has 4 nitrogen and oxygen atoms in total. The molecular weight excluding hydrogens is 572 g/mol. The fourth-order valence-electron chi connectivity index (χ4n) is 5.39. The van der Waals surface area contributed by atoms with Crippen molar-refractivity contribution in [3.8, 4) is 5.75 Å². The summed E-state index contributed by atoms with van der Waals surface area (Å²) in [6.07, 6.45) is 8.73. The van der Waals surface area contributed by atoms with Crippen LogP contribution in [0.15, 0.2) is 42.0 Å². The van der Waals surface area contributed by atoms with Gasteiger partial charge in [0.1, 0.15) is 11.9 Å². The largest absolute Gasteiger partial charge is 0.467 e. The van der Waals surface area contributed by atoms with Crippen LogP contribution in [0.25, 0.3) is 0 Å². The fraction of sp³-hybridized carbons (Fsp3) is 0.621. The first-order chi connectivity index (χ1) is 16.5. The molecule has 1 aliphatic carbocycles. The topological polar surface area (TPSA) is 44.8 Å². The average molecular weight is 612 g/mol. The molecule has 1 aliphatic heterocycles. The van der Waals surface area contributed by atoms with Crippen LogP contribution in [0.1, 0.15) is 82.1 Å². The molecule has 1 aromatic rings. The molecule has 0 saturated heterocycles. The first-order valence-electron chi connectivity index (χ1n) is 12.6. The van der Waals surface area contributed by atoms with E-state index in [-0.39, 0.29) is 34.5 Å². The van der Waals surface area contributed by atoms with Crippen LogP contribution in [-0.2, 0) is 15.9 Å². The van der Waals surface area contributed by atoms with E-state index in [0.717, 1.165) is 56.3 Å². The summed E-state index contributed by atoms with van der Waals surface area (Å²) in [7, 11) is 1.61. The van der Waals surface area contributed by atoms with Gasteiger partial charge in [0.2, 0.25) is 0 Å². The summed E-state index contributed by atoms with van der Waals surface area (Å²) in [5.41, 5.74) is 4.20. The molecule has 2 aliphatic rings. The van der Waals surface area contributed by atoms with E-state index in [1.54, 1.807) is 13.2 Å². The highest BCUT2D eigenvalue weighted by Crippen LogP contribution is 2.52. The molecule has 0 unspecified atom stereocenters. The number of cyclic esters (lactones) is 1. The van der Waals surface area contributed by atoms with Gasteiger partial charge in [-0.2, -0.15) is 0 Å². The van der Waals surface area contributed by atoms with Gasteiger partial charge in [-0.3, -0.25) is 0 Å². The molecule has 0 aromatic heterocycles. The van der Waals surface area contributed by atoms with Gasteiger partial charge in [0.15, 0.2) is 6.79 Å². The molecule has 1 fully saturated rings. The van der Waals surface area contributed by atoms with Crippen LogP contribution in [0.2, 0.25) is 0 Å². The van der Waals surface area contributed by atoms with Crippen LogP contribution < -0.4 is 4.74 Å². The summed E-state index contributed by atoms with van der Waals surface area (Å²) in [4.78, 5) is 13.7. The zero-order valence-electron chi connectivity index (χ0n) is 21.8. The van der Waals surface area contributed by atoms with Crippen molar-refractivity contribution in [1.29, 1.82) is 0 Å². The molecule has 0 N–H and O–H groups in total. The minimum atomic E-state index is -0.329. The summed E-state index contributed by atoms with van der Waals surface area (Å²) >= 11 is 7.78. The third-order valence-corrected chi connectivity index (χ3v) is 9.78. The predicted octanol–water partition coefficient (Wildman–Crippen LogP) is 8.17. The SMILES string of the molecule is C=C1CC[C@H](Br)[C@@]2(C)CC/C=C(\C)CC[C@@H](C(C)(C)Br)OC(=O)c3ccc(OCOC)c(c3)C[C@H]12. The normalized spacial score (nSPS) is 30.3. The highest BCUT2D eigenvalue weighted by Gasteiger charge is 2.44. The Bertz CT molecular complexity index is 948. The minimum Gasteiger partial charge on any atom is -0.467 e. The number of allylic oxidation sites excluding steroid dienone is 3. The molecule has 194 valence electrons. The van der Waals surface area contributed by atoms with E-state index in [0.29, 0.717) is 10.4 Å². The lowest BCUT2D eigenvalue weighted by Crippen LogP contribution is -2.41. The Morgan fingerprint density at radius 1 is 1.26 bits per heavy atom. The van der Waals surface area contributed by atoms with E-state index < -0.39 is 0 Å². The number of rotatable bonds is 4. The van der Waals surface area contributed by atoms with Gasteiger partial charge in [0.05, 0.1) is 9.89 Å². The lowest BCUT2D eigenvalue weighted by Gasteiger charge is -2.47. The third-order valence-electron chi connectivity index (χ3n) is 7.77. The van der Waals surface area contributed by atoms with E-state index >= 15 is 0 Å². The van der Waals surface area contributed by atoms with Gasteiger partial charge in [0.25, 0.3) is 0 Å². The number of hydrogen-bond donors (Lipinski definition) is 0. The van der Waals surface area contributed by atoms with Crippen molar-refractivity contribution in [2.75, 3.05) is 13.9 Å². The maximum atomic E-state index is 13.3. The second-order valence-corrected chi connectivity index (χ2v) is 14.0. The van der Waals surface area contributed by atoms with Crippen molar-refractivity contribution in [1.82, 2.24) is 0 Å². The highest BCUT2D eigenvalue weighted by molar-refractivity contribution is 9.10. The van der Waals surface area contributed by atoms with Crippen LogP contribution >= 0.6 is 31.9 Å². The second kappa shape index (κ2) is 12.0. The van der Waals surface area contributed by atoms with Crippen molar-refractivity contribution in [2.24, 2.45) is 11.3 Å². The van der Waals surface area contributed by atoms with Crippen LogP contribution in [0.3, 0.4) is 0 Å². The number of halogens is 2.